The Labute approximate surface area is 258 Å². The quantitative estimate of drug-likeness (QED) is 0.129. The van der Waals surface area contributed by atoms with Gasteiger partial charge in [0.25, 0.3) is 11.8 Å². The fraction of sp³-hybridized carbons (Fsp3) is 0.222. The SMILES string of the molecule is CC[C@@H](Oc1ccccc1/C=N\N=C/c1ccccc1O[C@H](CC)C(=O)NCc1ccccc1)C(=O)NCc1ccccc1. The molecule has 0 saturated carbocycles. The van der Waals surface area contributed by atoms with E-state index in [0.29, 0.717) is 48.6 Å². The first-order valence-electron chi connectivity index (χ1n) is 14.8. The van der Waals surface area contributed by atoms with E-state index in [0.717, 1.165) is 11.1 Å². The Morgan fingerprint density at radius 1 is 0.591 bits per heavy atom. The normalized spacial score (nSPS) is 12.5. The van der Waals surface area contributed by atoms with Crippen molar-refractivity contribution in [3.05, 3.63) is 131 Å². The van der Waals surface area contributed by atoms with Crippen LogP contribution in [0.4, 0.5) is 0 Å². The van der Waals surface area contributed by atoms with Crippen LogP contribution in [0.15, 0.2) is 119 Å². The second-order valence-corrected chi connectivity index (χ2v) is 10.0. The van der Waals surface area contributed by atoms with Gasteiger partial charge in [0.2, 0.25) is 0 Å². The lowest BCUT2D eigenvalue weighted by molar-refractivity contribution is -0.129. The van der Waals surface area contributed by atoms with Crippen LogP contribution >= 0.6 is 0 Å². The Balaban J connectivity index is 1.37. The third-order valence-electron chi connectivity index (χ3n) is 6.78. The first kappa shape index (κ1) is 31.7. The molecule has 8 nitrogen and oxygen atoms in total. The van der Waals surface area contributed by atoms with E-state index in [1.54, 1.807) is 24.6 Å². The number of rotatable bonds is 15. The molecule has 0 radical (unpaired) electrons. The number of hydrogen-bond acceptors (Lipinski definition) is 6. The summed E-state index contributed by atoms with van der Waals surface area (Å²) in [7, 11) is 0. The molecule has 0 aliphatic heterocycles. The van der Waals surface area contributed by atoms with Crippen LogP contribution in [0, 0.1) is 0 Å². The highest BCUT2D eigenvalue weighted by atomic mass is 16.5. The van der Waals surface area contributed by atoms with Crippen LogP contribution in [0.25, 0.3) is 0 Å². The van der Waals surface area contributed by atoms with Gasteiger partial charge in [-0.05, 0) is 48.2 Å². The number of carbonyl (C=O) groups excluding carboxylic acids is 2. The van der Waals surface area contributed by atoms with Crippen LogP contribution in [-0.4, -0.2) is 36.5 Å². The van der Waals surface area contributed by atoms with Gasteiger partial charge in [0, 0.05) is 24.2 Å². The molecule has 0 fully saturated rings. The van der Waals surface area contributed by atoms with Crippen molar-refractivity contribution < 1.29 is 19.1 Å². The number of hydrogen-bond donors (Lipinski definition) is 2. The van der Waals surface area contributed by atoms with Crippen LogP contribution in [0.3, 0.4) is 0 Å². The van der Waals surface area contributed by atoms with Crippen molar-refractivity contribution in [1.82, 2.24) is 10.6 Å². The topological polar surface area (TPSA) is 101 Å². The highest BCUT2D eigenvalue weighted by Gasteiger charge is 2.20. The molecule has 4 aromatic carbocycles. The summed E-state index contributed by atoms with van der Waals surface area (Å²) >= 11 is 0. The monoisotopic (exact) mass is 590 g/mol. The van der Waals surface area contributed by atoms with Crippen molar-refractivity contribution >= 4 is 24.2 Å². The number of carbonyl (C=O) groups is 2. The lowest BCUT2D eigenvalue weighted by atomic mass is 10.2. The van der Waals surface area contributed by atoms with Gasteiger partial charge in [-0.2, -0.15) is 10.2 Å². The van der Waals surface area contributed by atoms with E-state index in [1.165, 1.54) is 0 Å². The Morgan fingerprint density at radius 3 is 1.34 bits per heavy atom. The lowest BCUT2D eigenvalue weighted by Crippen LogP contribution is -2.37. The van der Waals surface area contributed by atoms with E-state index < -0.39 is 12.2 Å². The van der Waals surface area contributed by atoms with E-state index in [9.17, 15) is 9.59 Å². The molecule has 2 atom stereocenters. The summed E-state index contributed by atoms with van der Waals surface area (Å²) in [4.78, 5) is 25.6. The first-order chi connectivity index (χ1) is 21.6. The van der Waals surface area contributed by atoms with Crippen LogP contribution in [0.5, 0.6) is 11.5 Å². The summed E-state index contributed by atoms with van der Waals surface area (Å²) in [6.45, 7) is 4.67. The van der Waals surface area contributed by atoms with Gasteiger partial charge in [-0.15, -0.1) is 0 Å². The molecule has 0 unspecified atom stereocenters. The van der Waals surface area contributed by atoms with Crippen LogP contribution in [-0.2, 0) is 22.7 Å². The third kappa shape index (κ3) is 9.66. The minimum absolute atomic E-state index is 0.183. The maximum atomic E-state index is 12.8. The van der Waals surface area contributed by atoms with E-state index in [2.05, 4.69) is 20.8 Å². The highest BCUT2D eigenvalue weighted by Crippen LogP contribution is 2.20. The summed E-state index contributed by atoms with van der Waals surface area (Å²) < 4.78 is 12.2. The molecule has 0 heterocycles. The van der Waals surface area contributed by atoms with Gasteiger partial charge in [0.15, 0.2) is 12.2 Å². The van der Waals surface area contributed by atoms with Gasteiger partial charge in [-0.3, -0.25) is 9.59 Å². The maximum Gasteiger partial charge on any atom is 0.261 e. The number of nitrogens with zero attached hydrogens (tertiary/aromatic N) is 2. The molecule has 2 amide bonds. The lowest BCUT2D eigenvalue weighted by Gasteiger charge is -2.18. The molecule has 44 heavy (non-hydrogen) atoms. The van der Waals surface area contributed by atoms with Gasteiger partial charge >= 0.3 is 0 Å². The molecule has 4 rings (SSSR count). The molecule has 0 saturated heterocycles. The van der Waals surface area contributed by atoms with E-state index in [-0.39, 0.29) is 11.8 Å². The summed E-state index contributed by atoms with van der Waals surface area (Å²) in [6, 6.07) is 34.2. The van der Waals surface area contributed by atoms with Crippen molar-refractivity contribution in [3.63, 3.8) is 0 Å². The zero-order valence-corrected chi connectivity index (χ0v) is 25.1. The van der Waals surface area contributed by atoms with Crippen LogP contribution < -0.4 is 20.1 Å². The Hall–Kier alpha value is -5.24. The average Bonchev–Trinajstić information content (AvgIpc) is 3.07. The fourth-order valence-electron chi connectivity index (χ4n) is 4.33. The van der Waals surface area contributed by atoms with E-state index in [4.69, 9.17) is 9.47 Å². The van der Waals surface area contributed by atoms with Crippen LogP contribution in [0.1, 0.15) is 48.9 Å². The van der Waals surface area contributed by atoms with Gasteiger partial charge < -0.3 is 20.1 Å². The molecule has 0 aliphatic carbocycles. The van der Waals surface area contributed by atoms with Crippen molar-refractivity contribution in [1.29, 1.82) is 0 Å². The molecule has 2 N–H and O–H groups in total. The minimum atomic E-state index is -0.655. The first-order valence-corrected chi connectivity index (χ1v) is 14.8. The summed E-state index contributed by atoms with van der Waals surface area (Å²) in [6.07, 6.45) is 2.86. The van der Waals surface area contributed by atoms with Gasteiger partial charge in [0.05, 0.1) is 12.4 Å². The second kappa shape index (κ2) is 17.0. The fourth-order valence-corrected chi connectivity index (χ4v) is 4.33. The summed E-state index contributed by atoms with van der Waals surface area (Å²) in [5, 5.41) is 14.3. The van der Waals surface area contributed by atoms with Crippen molar-refractivity contribution in [3.8, 4) is 11.5 Å². The molecular formula is C36H38N4O4. The van der Waals surface area contributed by atoms with Gasteiger partial charge in [0.1, 0.15) is 11.5 Å². The molecule has 8 heteroatoms. The Morgan fingerprint density at radius 2 is 0.955 bits per heavy atom. The number of nitrogens with one attached hydrogen (secondary N) is 2. The zero-order valence-electron chi connectivity index (χ0n) is 25.1. The summed E-state index contributed by atoms with van der Waals surface area (Å²) in [5.41, 5.74) is 3.41. The molecule has 0 bridgehead atoms. The Kier molecular flexibility index (Phi) is 12.3. The molecule has 226 valence electrons. The predicted molar refractivity (Wildman–Crippen MR) is 174 cm³/mol. The molecule has 0 spiro atoms. The van der Waals surface area contributed by atoms with Crippen molar-refractivity contribution in [2.75, 3.05) is 0 Å². The van der Waals surface area contributed by atoms with Gasteiger partial charge in [-0.25, -0.2) is 0 Å². The molecule has 0 aliphatic rings. The van der Waals surface area contributed by atoms with E-state index >= 15 is 0 Å². The minimum Gasteiger partial charge on any atom is -0.480 e. The average molecular weight is 591 g/mol. The standard InChI is InChI=1S/C36H38N4O4/c1-3-31(35(41)37-23-27-15-7-5-8-16-27)43-33-21-13-11-19-29(33)25-39-40-26-30-20-12-14-22-34(30)44-32(4-2)36(42)38-24-28-17-9-6-10-18-28/h5-22,25-26,31-32H,3-4,23-24H2,1-2H3,(H,37,41)(H,38,42)/b39-25-,40-26-/t31-,32-/m1/s1. The smallest absolute Gasteiger partial charge is 0.261 e. The molecular weight excluding hydrogens is 552 g/mol. The molecule has 0 aromatic heterocycles. The Bertz CT molecular complexity index is 1420. The second-order valence-electron chi connectivity index (χ2n) is 10.0. The number of amides is 2. The number of benzene rings is 4. The largest absolute Gasteiger partial charge is 0.480 e. The van der Waals surface area contributed by atoms with Crippen molar-refractivity contribution in [2.45, 2.75) is 52.0 Å². The highest BCUT2D eigenvalue weighted by molar-refractivity contribution is 5.87. The van der Waals surface area contributed by atoms with Crippen molar-refractivity contribution in [2.24, 2.45) is 10.2 Å². The van der Waals surface area contributed by atoms with E-state index in [1.807, 2.05) is 111 Å². The van der Waals surface area contributed by atoms with Crippen LogP contribution in [0.2, 0.25) is 0 Å². The van der Waals surface area contributed by atoms with Gasteiger partial charge in [-0.1, -0.05) is 98.8 Å². The predicted octanol–water partition coefficient (Wildman–Crippen LogP) is 6.09. The number of ether oxygens (including phenoxy) is 2. The molecule has 4 aromatic rings. The third-order valence-corrected chi connectivity index (χ3v) is 6.78. The number of para-hydroxylation sites is 2. The summed E-state index contributed by atoms with van der Waals surface area (Å²) in [5.74, 6) is 0.696. The maximum absolute atomic E-state index is 12.8. The zero-order chi connectivity index (χ0) is 31.0.